The van der Waals surface area contributed by atoms with Crippen LogP contribution in [0.2, 0.25) is 0 Å². The summed E-state index contributed by atoms with van der Waals surface area (Å²) >= 11 is 5.21. The van der Waals surface area contributed by atoms with Crippen LogP contribution >= 0.6 is 27.3 Å². The fraction of sp³-hybridized carbons (Fsp3) is 0.167. The molecular weight excluding hydrogens is 298 g/mol. The van der Waals surface area contributed by atoms with E-state index in [0.717, 1.165) is 18.7 Å². The Bertz CT molecular complexity index is 510. The monoisotopic (exact) mass is 311 g/mol. The second-order valence-corrected chi connectivity index (χ2v) is 6.27. The van der Waals surface area contributed by atoms with Gasteiger partial charge in [-0.15, -0.1) is 11.3 Å². The number of nitrogen functional groups attached to an aromatic ring is 2. The molecule has 2 aromatic rings. The average molecular weight is 312 g/mol. The summed E-state index contributed by atoms with van der Waals surface area (Å²) in [5.41, 5.74) is 13.6. The van der Waals surface area contributed by atoms with Gasteiger partial charge in [-0.05, 0) is 52.7 Å². The number of anilines is 3. The second kappa shape index (κ2) is 5.42. The zero-order chi connectivity index (χ0) is 12.3. The molecule has 0 aliphatic heterocycles. The SMILES string of the molecule is Nc1ccc(NCCc2ccc(Br)s2)cc1N. The summed E-state index contributed by atoms with van der Waals surface area (Å²) in [6, 6.07) is 9.82. The number of nitrogens with two attached hydrogens (primary N) is 2. The zero-order valence-electron chi connectivity index (χ0n) is 9.24. The summed E-state index contributed by atoms with van der Waals surface area (Å²) in [4.78, 5) is 1.35. The lowest BCUT2D eigenvalue weighted by molar-refractivity contribution is 1.04. The minimum atomic E-state index is 0.619. The Balaban J connectivity index is 1.87. The number of thiophene rings is 1. The molecule has 0 bridgehead atoms. The highest BCUT2D eigenvalue weighted by molar-refractivity contribution is 9.11. The van der Waals surface area contributed by atoms with E-state index in [1.165, 1.54) is 8.66 Å². The Morgan fingerprint density at radius 2 is 1.94 bits per heavy atom. The molecule has 0 spiro atoms. The fourth-order valence-corrected chi connectivity index (χ4v) is 2.98. The van der Waals surface area contributed by atoms with Gasteiger partial charge in [0.1, 0.15) is 0 Å². The Labute approximate surface area is 113 Å². The topological polar surface area (TPSA) is 64.1 Å². The van der Waals surface area contributed by atoms with Crippen LogP contribution in [0.5, 0.6) is 0 Å². The lowest BCUT2D eigenvalue weighted by Crippen LogP contribution is -2.04. The van der Waals surface area contributed by atoms with Crippen LogP contribution in [0.3, 0.4) is 0 Å². The summed E-state index contributed by atoms with van der Waals surface area (Å²) in [6.45, 7) is 0.885. The van der Waals surface area contributed by atoms with E-state index in [1.807, 2.05) is 18.2 Å². The molecule has 0 atom stereocenters. The van der Waals surface area contributed by atoms with E-state index in [4.69, 9.17) is 11.5 Å². The van der Waals surface area contributed by atoms with Crippen molar-refractivity contribution in [2.45, 2.75) is 6.42 Å². The van der Waals surface area contributed by atoms with Gasteiger partial charge >= 0.3 is 0 Å². The van der Waals surface area contributed by atoms with Crippen LogP contribution in [0, 0.1) is 0 Å². The highest BCUT2D eigenvalue weighted by Gasteiger charge is 1.99. The normalized spacial score (nSPS) is 10.4. The van der Waals surface area contributed by atoms with Crippen LogP contribution in [0.15, 0.2) is 34.1 Å². The average Bonchev–Trinajstić information content (AvgIpc) is 2.70. The predicted octanol–water partition coefficient (Wildman–Crippen LogP) is 3.33. The Hall–Kier alpha value is -1.20. The first-order chi connectivity index (χ1) is 8.15. The maximum atomic E-state index is 5.74. The summed E-state index contributed by atoms with van der Waals surface area (Å²) in [7, 11) is 0. The van der Waals surface area contributed by atoms with Gasteiger partial charge in [0.15, 0.2) is 0 Å². The Morgan fingerprint density at radius 1 is 1.12 bits per heavy atom. The van der Waals surface area contributed by atoms with Crippen LogP contribution in [-0.2, 0) is 6.42 Å². The van der Waals surface area contributed by atoms with Gasteiger partial charge in [-0.1, -0.05) is 0 Å². The molecule has 5 N–H and O–H groups in total. The van der Waals surface area contributed by atoms with Gasteiger partial charge in [0.05, 0.1) is 15.2 Å². The van der Waals surface area contributed by atoms with Crippen LogP contribution < -0.4 is 16.8 Å². The van der Waals surface area contributed by atoms with E-state index >= 15 is 0 Å². The van der Waals surface area contributed by atoms with Gasteiger partial charge in [0.25, 0.3) is 0 Å². The Morgan fingerprint density at radius 3 is 2.59 bits per heavy atom. The van der Waals surface area contributed by atoms with Gasteiger partial charge < -0.3 is 16.8 Å². The standard InChI is InChI=1S/C12H14BrN3S/c13-12-4-2-9(17-12)5-6-16-8-1-3-10(14)11(15)7-8/h1-4,7,16H,5-6,14-15H2. The number of hydrogen-bond acceptors (Lipinski definition) is 4. The van der Waals surface area contributed by atoms with E-state index in [0.29, 0.717) is 11.4 Å². The third-order valence-electron chi connectivity index (χ3n) is 2.42. The molecule has 1 heterocycles. The minimum Gasteiger partial charge on any atom is -0.397 e. The van der Waals surface area contributed by atoms with E-state index in [9.17, 15) is 0 Å². The van der Waals surface area contributed by atoms with Gasteiger partial charge in [-0.3, -0.25) is 0 Å². The van der Waals surface area contributed by atoms with Gasteiger partial charge in [-0.2, -0.15) is 0 Å². The summed E-state index contributed by atoms with van der Waals surface area (Å²) in [5.74, 6) is 0. The molecule has 0 aliphatic carbocycles. The highest BCUT2D eigenvalue weighted by atomic mass is 79.9. The van der Waals surface area contributed by atoms with Gasteiger partial charge in [0, 0.05) is 17.1 Å². The maximum Gasteiger partial charge on any atom is 0.0701 e. The van der Waals surface area contributed by atoms with Crippen molar-refractivity contribution >= 4 is 44.3 Å². The number of rotatable bonds is 4. The fourth-order valence-electron chi connectivity index (χ4n) is 1.50. The van der Waals surface area contributed by atoms with Crippen LogP contribution in [0.1, 0.15) is 4.88 Å². The quantitative estimate of drug-likeness (QED) is 0.759. The third kappa shape index (κ3) is 3.38. The van der Waals surface area contributed by atoms with Crippen molar-refractivity contribution in [1.29, 1.82) is 0 Å². The lowest BCUT2D eigenvalue weighted by atomic mass is 10.2. The molecule has 90 valence electrons. The Kier molecular flexibility index (Phi) is 3.91. The van der Waals surface area contributed by atoms with Crippen molar-refractivity contribution in [2.24, 2.45) is 0 Å². The second-order valence-electron chi connectivity index (χ2n) is 3.73. The van der Waals surface area contributed by atoms with E-state index in [2.05, 4.69) is 33.4 Å². The molecular formula is C12H14BrN3S. The molecule has 0 saturated heterocycles. The molecule has 1 aromatic carbocycles. The molecule has 0 aliphatic rings. The van der Waals surface area contributed by atoms with Crippen LogP contribution in [-0.4, -0.2) is 6.54 Å². The molecule has 1 aromatic heterocycles. The third-order valence-corrected chi connectivity index (χ3v) is 4.10. The number of halogens is 1. The summed E-state index contributed by atoms with van der Waals surface area (Å²) in [5, 5.41) is 3.33. The number of hydrogen-bond donors (Lipinski definition) is 3. The molecule has 3 nitrogen and oxygen atoms in total. The molecule has 0 saturated carbocycles. The van der Waals surface area contributed by atoms with Gasteiger partial charge in [0.2, 0.25) is 0 Å². The number of nitrogens with one attached hydrogen (secondary N) is 1. The van der Waals surface area contributed by atoms with Crippen molar-refractivity contribution in [1.82, 2.24) is 0 Å². The van der Waals surface area contributed by atoms with E-state index in [1.54, 1.807) is 11.3 Å². The van der Waals surface area contributed by atoms with Crippen molar-refractivity contribution in [2.75, 3.05) is 23.3 Å². The molecule has 0 fully saturated rings. The smallest absolute Gasteiger partial charge is 0.0701 e. The van der Waals surface area contributed by atoms with Crippen molar-refractivity contribution in [3.63, 3.8) is 0 Å². The predicted molar refractivity (Wildman–Crippen MR) is 79.5 cm³/mol. The van der Waals surface area contributed by atoms with Crippen LogP contribution in [0.4, 0.5) is 17.1 Å². The molecule has 0 amide bonds. The van der Waals surface area contributed by atoms with Crippen LogP contribution in [0.25, 0.3) is 0 Å². The molecule has 17 heavy (non-hydrogen) atoms. The lowest BCUT2D eigenvalue weighted by Gasteiger charge is -2.07. The molecule has 5 heteroatoms. The first-order valence-electron chi connectivity index (χ1n) is 5.28. The zero-order valence-corrected chi connectivity index (χ0v) is 11.6. The highest BCUT2D eigenvalue weighted by Crippen LogP contribution is 2.23. The van der Waals surface area contributed by atoms with Gasteiger partial charge in [-0.25, -0.2) is 0 Å². The van der Waals surface area contributed by atoms with E-state index in [-0.39, 0.29) is 0 Å². The first kappa shape index (κ1) is 12.3. The molecule has 0 radical (unpaired) electrons. The van der Waals surface area contributed by atoms with E-state index < -0.39 is 0 Å². The first-order valence-corrected chi connectivity index (χ1v) is 6.89. The maximum absolute atomic E-state index is 5.74. The summed E-state index contributed by atoms with van der Waals surface area (Å²) < 4.78 is 1.17. The molecule has 0 unspecified atom stereocenters. The van der Waals surface area contributed by atoms with Crippen molar-refractivity contribution in [3.05, 3.63) is 39.0 Å². The summed E-state index contributed by atoms with van der Waals surface area (Å²) in [6.07, 6.45) is 1.00. The number of benzene rings is 1. The molecule has 2 rings (SSSR count). The largest absolute Gasteiger partial charge is 0.397 e. The van der Waals surface area contributed by atoms with Crippen molar-refractivity contribution < 1.29 is 0 Å². The van der Waals surface area contributed by atoms with Crippen molar-refractivity contribution in [3.8, 4) is 0 Å². The minimum absolute atomic E-state index is 0.619.